The minimum absolute atomic E-state index is 0.827. The Morgan fingerprint density at radius 1 is 1.33 bits per heavy atom. The molecule has 0 aliphatic heterocycles. The van der Waals surface area contributed by atoms with Crippen molar-refractivity contribution in [2.75, 3.05) is 6.54 Å². The zero-order valence-corrected chi connectivity index (χ0v) is 12.4. The normalized spacial score (nSPS) is 10.8. The molecule has 1 aromatic heterocycles. The van der Waals surface area contributed by atoms with E-state index in [9.17, 15) is 0 Å². The Morgan fingerprint density at radius 2 is 2.17 bits per heavy atom. The van der Waals surface area contributed by atoms with Gasteiger partial charge in [0.2, 0.25) is 0 Å². The molecule has 2 aromatic rings. The first-order chi connectivity index (χ1) is 8.72. The third kappa shape index (κ3) is 3.00. The van der Waals surface area contributed by atoms with Gasteiger partial charge in [-0.1, -0.05) is 28.9 Å². The summed E-state index contributed by atoms with van der Waals surface area (Å²) in [6.07, 6.45) is 3.16. The molecule has 0 unspecified atom stereocenters. The van der Waals surface area contributed by atoms with Gasteiger partial charge in [-0.05, 0) is 43.7 Å². The maximum atomic E-state index is 4.59. The predicted octanol–water partition coefficient (Wildman–Crippen LogP) is 3.44. The molecule has 1 heterocycles. The molecule has 0 bridgehead atoms. The Hall–Kier alpha value is -1.13. The van der Waals surface area contributed by atoms with E-state index in [-0.39, 0.29) is 0 Å². The number of aromatic nitrogens is 2. The maximum absolute atomic E-state index is 4.59. The van der Waals surface area contributed by atoms with E-state index in [2.05, 4.69) is 52.3 Å². The summed E-state index contributed by atoms with van der Waals surface area (Å²) in [6.45, 7) is 6.11. The van der Waals surface area contributed by atoms with Crippen LogP contribution in [0.15, 0.2) is 34.9 Å². The molecule has 3 nitrogen and oxygen atoms in total. The standard InChI is InChI=1S/C14H18BrN3/c1-3-8-16-10-12-7-9-18(17-12)14-6-4-5-13(15)11(14)2/h4-7,9,16H,3,8,10H2,1-2H3. The highest BCUT2D eigenvalue weighted by atomic mass is 79.9. The number of nitrogens with one attached hydrogen (secondary N) is 1. The summed E-state index contributed by atoms with van der Waals surface area (Å²) in [6, 6.07) is 8.22. The fraction of sp³-hybridized carbons (Fsp3) is 0.357. The van der Waals surface area contributed by atoms with Crippen molar-refractivity contribution < 1.29 is 0 Å². The Morgan fingerprint density at radius 3 is 2.94 bits per heavy atom. The van der Waals surface area contributed by atoms with Crippen molar-refractivity contribution >= 4 is 15.9 Å². The van der Waals surface area contributed by atoms with Gasteiger partial charge in [0.25, 0.3) is 0 Å². The number of hydrogen-bond donors (Lipinski definition) is 1. The SMILES string of the molecule is CCCNCc1ccn(-c2cccc(Br)c2C)n1. The summed E-state index contributed by atoms with van der Waals surface area (Å²) >= 11 is 3.55. The number of hydrogen-bond acceptors (Lipinski definition) is 2. The quantitative estimate of drug-likeness (QED) is 0.858. The topological polar surface area (TPSA) is 29.9 Å². The number of nitrogens with zero attached hydrogens (tertiary/aromatic N) is 2. The van der Waals surface area contributed by atoms with Crippen LogP contribution in [0.2, 0.25) is 0 Å². The molecule has 0 saturated carbocycles. The van der Waals surface area contributed by atoms with Gasteiger partial charge in [-0.3, -0.25) is 0 Å². The van der Waals surface area contributed by atoms with Crippen LogP contribution in [0, 0.1) is 6.92 Å². The zero-order valence-electron chi connectivity index (χ0n) is 10.8. The minimum atomic E-state index is 0.827. The molecule has 4 heteroatoms. The average molecular weight is 308 g/mol. The first-order valence-electron chi connectivity index (χ1n) is 6.23. The molecule has 18 heavy (non-hydrogen) atoms. The molecular formula is C14H18BrN3. The van der Waals surface area contributed by atoms with Crippen molar-refractivity contribution in [3.63, 3.8) is 0 Å². The van der Waals surface area contributed by atoms with Crippen LogP contribution in [0.1, 0.15) is 24.6 Å². The van der Waals surface area contributed by atoms with E-state index in [1.165, 1.54) is 5.56 Å². The Balaban J connectivity index is 2.16. The van der Waals surface area contributed by atoms with Crippen LogP contribution in [-0.4, -0.2) is 16.3 Å². The smallest absolute Gasteiger partial charge is 0.0766 e. The fourth-order valence-electron chi connectivity index (χ4n) is 1.83. The lowest BCUT2D eigenvalue weighted by molar-refractivity contribution is 0.656. The highest BCUT2D eigenvalue weighted by molar-refractivity contribution is 9.10. The van der Waals surface area contributed by atoms with Gasteiger partial charge in [-0.2, -0.15) is 5.10 Å². The van der Waals surface area contributed by atoms with E-state index >= 15 is 0 Å². The van der Waals surface area contributed by atoms with Gasteiger partial charge in [0.05, 0.1) is 11.4 Å². The third-order valence-corrected chi connectivity index (χ3v) is 3.72. The van der Waals surface area contributed by atoms with Gasteiger partial charge in [0.1, 0.15) is 0 Å². The second-order valence-electron chi connectivity index (χ2n) is 4.31. The first kappa shape index (κ1) is 13.3. The number of rotatable bonds is 5. The molecule has 96 valence electrons. The lowest BCUT2D eigenvalue weighted by Crippen LogP contribution is -2.14. The van der Waals surface area contributed by atoms with E-state index in [0.29, 0.717) is 0 Å². The second kappa shape index (κ2) is 6.16. The van der Waals surface area contributed by atoms with Gasteiger partial charge < -0.3 is 5.32 Å². The fourth-order valence-corrected chi connectivity index (χ4v) is 2.18. The third-order valence-electron chi connectivity index (χ3n) is 2.86. The lowest BCUT2D eigenvalue weighted by atomic mass is 10.2. The molecule has 0 radical (unpaired) electrons. The van der Waals surface area contributed by atoms with E-state index < -0.39 is 0 Å². The minimum Gasteiger partial charge on any atom is -0.311 e. The molecule has 1 N–H and O–H groups in total. The van der Waals surface area contributed by atoms with Crippen LogP contribution in [0.5, 0.6) is 0 Å². The summed E-state index contributed by atoms with van der Waals surface area (Å²) in [4.78, 5) is 0. The molecule has 0 aliphatic rings. The highest BCUT2D eigenvalue weighted by Gasteiger charge is 2.05. The molecule has 0 aliphatic carbocycles. The summed E-state index contributed by atoms with van der Waals surface area (Å²) < 4.78 is 3.05. The van der Waals surface area contributed by atoms with Gasteiger partial charge >= 0.3 is 0 Å². The van der Waals surface area contributed by atoms with Crippen LogP contribution >= 0.6 is 15.9 Å². The van der Waals surface area contributed by atoms with Crippen LogP contribution in [0.3, 0.4) is 0 Å². The van der Waals surface area contributed by atoms with E-state index in [1.54, 1.807) is 0 Å². The summed E-state index contributed by atoms with van der Waals surface area (Å²) in [5.41, 5.74) is 3.39. The Kier molecular flexibility index (Phi) is 4.55. The molecule has 0 fully saturated rings. The number of benzene rings is 1. The van der Waals surface area contributed by atoms with Crippen molar-refractivity contribution in [2.45, 2.75) is 26.8 Å². The summed E-state index contributed by atoms with van der Waals surface area (Å²) in [5.74, 6) is 0. The second-order valence-corrected chi connectivity index (χ2v) is 5.17. The summed E-state index contributed by atoms with van der Waals surface area (Å²) in [5, 5.41) is 7.94. The summed E-state index contributed by atoms with van der Waals surface area (Å²) in [7, 11) is 0. The van der Waals surface area contributed by atoms with Gasteiger partial charge in [-0.15, -0.1) is 0 Å². The zero-order chi connectivity index (χ0) is 13.0. The molecular weight excluding hydrogens is 290 g/mol. The van der Waals surface area contributed by atoms with E-state index in [4.69, 9.17) is 0 Å². The molecule has 0 atom stereocenters. The van der Waals surface area contributed by atoms with Gasteiger partial charge in [0, 0.05) is 17.2 Å². The molecule has 1 aromatic carbocycles. The monoisotopic (exact) mass is 307 g/mol. The Labute approximate surface area is 116 Å². The molecule has 0 spiro atoms. The Bertz CT molecular complexity index is 520. The van der Waals surface area contributed by atoms with Crippen molar-refractivity contribution in [3.05, 3.63) is 46.2 Å². The molecule has 0 amide bonds. The van der Waals surface area contributed by atoms with E-state index in [1.807, 2.05) is 23.0 Å². The van der Waals surface area contributed by atoms with Crippen LogP contribution in [0.25, 0.3) is 5.69 Å². The van der Waals surface area contributed by atoms with Crippen molar-refractivity contribution in [2.24, 2.45) is 0 Å². The van der Waals surface area contributed by atoms with Crippen molar-refractivity contribution in [1.29, 1.82) is 0 Å². The van der Waals surface area contributed by atoms with Crippen LogP contribution in [0.4, 0.5) is 0 Å². The molecule has 0 saturated heterocycles. The number of halogens is 1. The van der Waals surface area contributed by atoms with Crippen LogP contribution < -0.4 is 5.32 Å². The maximum Gasteiger partial charge on any atom is 0.0766 e. The largest absolute Gasteiger partial charge is 0.311 e. The van der Waals surface area contributed by atoms with Crippen molar-refractivity contribution in [1.82, 2.24) is 15.1 Å². The molecule has 2 rings (SSSR count). The first-order valence-corrected chi connectivity index (χ1v) is 7.02. The van der Waals surface area contributed by atoms with Gasteiger partial charge in [-0.25, -0.2) is 4.68 Å². The van der Waals surface area contributed by atoms with E-state index in [0.717, 1.165) is 35.4 Å². The predicted molar refractivity (Wildman–Crippen MR) is 78.0 cm³/mol. The average Bonchev–Trinajstić information content (AvgIpc) is 2.82. The highest BCUT2D eigenvalue weighted by Crippen LogP contribution is 2.22. The van der Waals surface area contributed by atoms with Crippen LogP contribution in [-0.2, 0) is 6.54 Å². The van der Waals surface area contributed by atoms with Crippen molar-refractivity contribution in [3.8, 4) is 5.69 Å². The van der Waals surface area contributed by atoms with Gasteiger partial charge in [0.15, 0.2) is 0 Å². The lowest BCUT2D eigenvalue weighted by Gasteiger charge is -2.07.